The Kier molecular flexibility index (Phi) is 20.8. The second-order valence-corrected chi connectivity index (χ2v) is 22.3. The molecule has 4 unspecified atom stereocenters. The van der Waals surface area contributed by atoms with Gasteiger partial charge in [-0.25, -0.2) is 19.2 Å². The van der Waals surface area contributed by atoms with Crippen LogP contribution in [0.25, 0.3) is 0 Å². The Labute approximate surface area is 470 Å². The van der Waals surface area contributed by atoms with Gasteiger partial charge in [0.15, 0.2) is 0 Å². The zero-order chi connectivity index (χ0) is 61.1. The summed E-state index contributed by atoms with van der Waals surface area (Å²) in [5, 5.41) is 11.7. The van der Waals surface area contributed by atoms with Gasteiger partial charge in [0, 0.05) is 151 Å². The van der Waals surface area contributed by atoms with E-state index < -0.39 is 66.8 Å². The highest BCUT2D eigenvalue weighted by molar-refractivity contribution is 6.31. The number of halogens is 17. The fourth-order valence-electron chi connectivity index (χ4n) is 10.3. The molecule has 82 heavy (non-hydrogen) atoms. The number of ether oxygens (including phenoxy) is 3. The number of aliphatic carboxylic acids is 1. The number of carboxylic acids is 1. The Morgan fingerprint density at radius 1 is 0.524 bits per heavy atom. The summed E-state index contributed by atoms with van der Waals surface area (Å²) in [4.78, 5) is 57.5. The molecule has 6 aliphatic rings. The molecule has 3 amide bonds. The summed E-state index contributed by atoms with van der Waals surface area (Å²) in [6, 6.07) is 11.2. The number of benzene rings is 2. The SMILES string of the molecule is CC(C)(C)OC(=O)N1CC2CN(c3cc(Cl)ccc3CN3CCN(C(=O)OC(C(F)(F)F)C(F)(F)F)CC3)CC2C1.O=C(O)C(F)(F)F.O=C(OC(C(F)(F)F)C(F)(F)F)N1CCN(Cc2ccc(Cl)cc2N2CC3CNCC3C2)CC1. The van der Waals surface area contributed by atoms with E-state index in [9.17, 15) is 80.2 Å². The van der Waals surface area contributed by atoms with Gasteiger partial charge in [-0.05, 0) is 68.0 Å². The van der Waals surface area contributed by atoms with Crippen molar-refractivity contribution in [2.75, 3.05) is 115 Å². The summed E-state index contributed by atoms with van der Waals surface area (Å²) < 4.78 is 198. The molecule has 0 aliphatic carbocycles. The van der Waals surface area contributed by atoms with Crippen LogP contribution < -0.4 is 15.1 Å². The molecule has 33 heteroatoms. The standard InChI is InChI=1S/C26H33ClF6N4O4.C21H25ClF6N4O2.C2HF3O2/c1-24(2,3)41-23(39)37-14-17-12-36(13-18(17)15-37)20-10-19(27)5-4-16(20)11-34-6-8-35(9-7-34)22(38)40-21(25(28,29)30)26(31,32)33;22-16-2-1-13(17(7-16)32-11-14-8-29-9-15(14)12-32)10-30-3-5-31(6-4-30)19(33)34-18(20(23,24)25)21(26,27)28;3-2(4,5)1(6)7/h4-5,10,17-18,21H,6-9,11-15H2,1-3H3;1-2,7,14-15,18,29H,3-6,8-12H2;(H,6,7). The highest BCUT2D eigenvalue weighted by Gasteiger charge is 2.61. The van der Waals surface area contributed by atoms with Crippen molar-refractivity contribution >= 4 is 58.8 Å². The molecule has 2 N–H and O–H groups in total. The lowest BCUT2D eigenvalue weighted by Crippen LogP contribution is -2.52. The number of anilines is 2. The van der Waals surface area contributed by atoms with E-state index in [2.05, 4.69) is 24.6 Å². The number of hydrogen-bond donors (Lipinski definition) is 2. The molecule has 6 fully saturated rings. The number of likely N-dealkylation sites (tertiary alicyclic amines) is 1. The Morgan fingerprint density at radius 2 is 0.854 bits per heavy atom. The fourth-order valence-corrected chi connectivity index (χ4v) is 10.6. The molecule has 0 bridgehead atoms. The fraction of sp³-hybridized carbons (Fsp3) is 0.673. The number of piperazine rings is 2. The lowest BCUT2D eigenvalue weighted by atomic mass is 10.0. The van der Waals surface area contributed by atoms with Crippen molar-refractivity contribution in [3.63, 3.8) is 0 Å². The van der Waals surface area contributed by atoms with Gasteiger partial charge in [-0.3, -0.25) is 9.80 Å². The Bertz CT molecular complexity index is 2490. The number of carbonyl (C=O) groups is 4. The maximum Gasteiger partial charge on any atom is 0.490 e. The van der Waals surface area contributed by atoms with E-state index in [4.69, 9.17) is 37.8 Å². The van der Waals surface area contributed by atoms with Crippen LogP contribution in [0.1, 0.15) is 31.9 Å². The quantitative estimate of drug-likeness (QED) is 0.191. The number of nitrogens with zero attached hydrogens (tertiary/aromatic N) is 7. The molecule has 8 rings (SSSR count). The topological polar surface area (TPSA) is 151 Å². The average Bonchev–Trinajstić information content (AvgIpc) is 4.37. The summed E-state index contributed by atoms with van der Waals surface area (Å²) in [6.45, 7) is 13.7. The third-order valence-corrected chi connectivity index (χ3v) is 14.7. The number of alkyl halides is 15. The third kappa shape index (κ3) is 18.1. The van der Waals surface area contributed by atoms with Gasteiger partial charge in [-0.1, -0.05) is 35.3 Å². The maximum absolute atomic E-state index is 12.8. The van der Waals surface area contributed by atoms with Gasteiger partial charge in [-0.15, -0.1) is 0 Å². The van der Waals surface area contributed by atoms with E-state index in [0.717, 1.165) is 71.6 Å². The molecule has 0 radical (unpaired) electrons. The summed E-state index contributed by atoms with van der Waals surface area (Å²) in [5.41, 5.74) is 3.36. The Balaban J connectivity index is 0.000000239. The molecule has 0 spiro atoms. The minimum atomic E-state index is -5.76. The number of amides is 3. The van der Waals surface area contributed by atoms with Crippen LogP contribution in [0.15, 0.2) is 36.4 Å². The van der Waals surface area contributed by atoms with Crippen molar-refractivity contribution in [2.24, 2.45) is 23.7 Å². The molecule has 2 aromatic rings. The predicted molar refractivity (Wildman–Crippen MR) is 264 cm³/mol. The lowest BCUT2D eigenvalue weighted by molar-refractivity contribution is -0.309. The second-order valence-electron chi connectivity index (χ2n) is 21.5. The molecule has 16 nitrogen and oxygen atoms in total. The first kappa shape index (κ1) is 65.9. The minimum Gasteiger partial charge on any atom is -0.475 e. The minimum absolute atomic E-state index is 0.0380. The van der Waals surface area contributed by atoms with Crippen LogP contribution in [0.3, 0.4) is 0 Å². The summed E-state index contributed by atoms with van der Waals surface area (Å²) >= 11 is 12.6. The first-order valence-electron chi connectivity index (χ1n) is 25.4. The zero-order valence-corrected chi connectivity index (χ0v) is 45.5. The van der Waals surface area contributed by atoms with E-state index in [1.54, 1.807) is 17.0 Å². The largest absolute Gasteiger partial charge is 0.490 e. The van der Waals surface area contributed by atoms with Crippen molar-refractivity contribution in [3.8, 4) is 0 Å². The molecule has 6 aliphatic heterocycles. The number of carboxylic acid groups (broad SMARTS) is 1. The van der Waals surface area contributed by atoms with Crippen molar-refractivity contribution < 1.29 is 104 Å². The maximum atomic E-state index is 12.8. The third-order valence-electron chi connectivity index (χ3n) is 14.2. The van der Waals surface area contributed by atoms with Crippen molar-refractivity contribution in [3.05, 3.63) is 57.6 Å². The molecular formula is C49H59Cl2F15N8O8. The van der Waals surface area contributed by atoms with Crippen LogP contribution >= 0.6 is 23.2 Å². The van der Waals surface area contributed by atoms with E-state index in [0.29, 0.717) is 48.1 Å². The van der Waals surface area contributed by atoms with Gasteiger partial charge in [-0.2, -0.15) is 65.9 Å². The smallest absolute Gasteiger partial charge is 0.475 e. The van der Waals surface area contributed by atoms with Gasteiger partial charge in [0.05, 0.1) is 0 Å². The molecule has 6 saturated heterocycles. The first-order chi connectivity index (χ1) is 37.8. The average molecular weight is 1240 g/mol. The first-order valence-corrected chi connectivity index (χ1v) is 26.2. The Morgan fingerprint density at radius 3 is 1.16 bits per heavy atom. The number of carbonyl (C=O) groups excluding carboxylic acids is 3. The van der Waals surface area contributed by atoms with Crippen molar-refractivity contribution in [1.82, 2.24) is 29.8 Å². The van der Waals surface area contributed by atoms with E-state index in [-0.39, 0.29) is 70.3 Å². The van der Waals surface area contributed by atoms with Crippen LogP contribution in [-0.2, 0) is 32.1 Å². The molecule has 4 atom stereocenters. The molecule has 2 aromatic carbocycles. The molecule has 0 aromatic heterocycles. The van der Waals surface area contributed by atoms with E-state index in [1.807, 2.05) is 54.8 Å². The molecular weight excluding hydrogens is 1180 g/mol. The van der Waals surface area contributed by atoms with Crippen LogP contribution in [0.2, 0.25) is 10.0 Å². The van der Waals surface area contributed by atoms with Gasteiger partial charge in [0.25, 0.3) is 12.2 Å². The predicted octanol–water partition coefficient (Wildman–Crippen LogP) is 9.77. The van der Waals surface area contributed by atoms with Crippen molar-refractivity contribution in [2.45, 2.75) is 82.6 Å². The van der Waals surface area contributed by atoms with Gasteiger partial charge in [0.2, 0.25) is 0 Å². The summed E-state index contributed by atoms with van der Waals surface area (Å²) in [7, 11) is 0. The zero-order valence-electron chi connectivity index (χ0n) is 44.0. The van der Waals surface area contributed by atoms with Crippen LogP contribution in [0, 0.1) is 23.7 Å². The van der Waals surface area contributed by atoms with Gasteiger partial charge < -0.3 is 49.1 Å². The molecule has 6 heterocycles. The van der Waals surface area contributed by atoms with E-state index in [1.165, 1.54) is 0 Å². The number of rotatable bonds is 8. The second kappa shape index (κ2) is 25.9. The number of nitrogens with one attached hydrogen (secondary N) is 1. The lowest BCUT2D eigenvalue weighted by Gasteiger charge is -2.36. The summed E-state index contributed by atoms with van der Waals surface area (Å²) in [5.74, 6) is -1.06. The summed E-state index contributed by atoms with van der Waals surface area (Å²) in [6.07, 6.45) is -40.0. The number of hydrogen-bond acceptors (Lipinski definition) is 12. The van der Waals surface area contributed by atoms with Crippen molar-refractivity contribution in [1.29, 1.82) is 0 Å². The Hall–Kier alpha value is -5.27. The van der Waals surface area contributed by atoms with Gasteiger partial charge in [0.1, 0.15) is 5.60 Å². The highest BCUT2D eigenvalue weighted by atomic mass is 35.5. The number of fused-ring (bicyclic) bond motifs is 2. The normalized spacial score (nSPS) is 22.1. The van der Waals surface area contributed by atoms with Gasteiger partial charge >= 0.3 is 55.1 Å². The molecule has 0 saturated carbocycles. The highest BCUT2D eigenvalue weighted by Crippen LogP contribution is 2.40. The van der Waals surface area contributed by atoms with Crippen LogP contribution in [0.5, 0.6) is 0 Å². The van der Waals surface area contributed by atoms with E-state index >= 15 is 0 Å². The monoisotopic (exact) mass is 1240 g/mol. The van der Waals surface area contributed by atoms with Crippen LogP contribution in [0.4, 0.5) is 91.6 Å². The molecule has 462 valence electrons. The van der Waals surface area contributed by atoms with Crippen LogP contribution in [-0.4, -0.2) is 207 Å².